The maximum atomic E-state index is 11.2. The molecule has 0 heterocycles. The van der Waals surface area contributed by atoms with Gasteiger partial charge in [-0.3, -0.25) is 4.79 Å². The summed E-state index contributed by atoms with van der Waals surface area (Å²) in [4.78, 5) is 21.4. The number of rotatable bonds is 12. The normalized spacial score (nSPS) is 9.83. The van der Waals surface area contributed by atoms with Crippen molar-refractivity contribution in [3.05, 3.63) is 0 Å². The number of ketones is 1. The number of aliphatic carboxylic acids is 1. The molecule has 0 spiro atoms. The molecule has 0 aliphatic rings. The number of carboxylic acids is 1. The quantitative estimate of drug-likeness (QED) is 0.334. The molecular formula is C13H23NaO4. The van der Waals surface area contributed by atoms with Crippen molar-refractivity contribution in [3.63, 3.8) is 0 Å². The minimum atomic E-state index is -0.973. The van der Waals surface area contributed by atoms with Gasteiger partial charge in [-0.15, -0.1) is 0 Å². The van der Waals surface area contributed by atoms with Gasteiger partial charge >= 0.3 is 29.6 Å². The van der Waals surface area contributed by atoms with Crippen LogP contribution in [-0.4, -0.2) is 23.5 Å². The van der Waals surface area contributed by atoms with Crippen LogP contribution in [-0.2, 0) is 9.59 Å². The summed E-state index contributed by atoms with van der Waals surface area (Å²) < 4.78 is 0. The van der Waals surface area contributed by atoms with Crippen LogP contribution in [0.3, 0.4) is 0 Å². The van der Waals surface area contributed by atoms with Crippen molar-refractivity contribution in [1.82, 2.24) is 0 Å². The Hall–Kier alpha value is 0.1000. The van der Waals surface area contributed by atoms with E-state index in [2.05, 4.69) is 0 Å². The van der Waals surface area contributed by atoms with E-state index in [-0.39, 0.29) is 48.4 Å². The van der Waals surface area contributed by atoms with Gasteiger partial charge < -0.3 is 15.0 Å². The molecule has 0 aromatic heterocycles. The molecule has 0 radical (unpaired) electrons. The van der Waals surface area contributed by atoms with E-state index in [9.17, 15) is 14.7 Å². The Labute approximate surface area is 131 Å². The first-order valence-electron chi connectivity index (χ1n) is 6.49. The first-order chi connectivity index (χ1) is 8.16. The van der Waals surface area contributed by atoms with Crippen LogP contribution in [0, 0.1) is 0 Å². The number of aliphatic hydroxyl groups excluding tert-OH is 1. The standard InChI is InChI=1S/C13H24O4.Na/c14-11-7-9-12(15)8-5-3-1-2-4-6-10-13(16)17;/h14H,1-11H2,(H,16,17);/q;+1/p-1. The number of carbonyl (C=O) groups is 2. The van der Waals surface area contributed by atoms with Crippen LogP contribution in [0.15, 0.2) is 0 Å². The van der Waals surface area contributed by atoms with Gasteiger partial charge in [-0.05, 0) is 25.7 Å². The fourth-order valence-corrected chi connectivity index (χ4v) is 1.70. The summed E-state index contributed by atoms with van der Waals surface area (Å²) in [6.07, 6.45) is 7.45. The Morgan fingerprint density at radius 3 is 1.72 bits per heavy atom. The van der Waals surface area contributed by atoms with E-state index in [4.69, 9.17) is 5.11 Å². The fourth-order valence-electron chi connectivity index (χ4n) is 1.70. The summed E-state index contributed by atoms with van der Waals surface area (Å²) >= 11 is 0. The number of aliphatic hydroxyl groups is 1. The van der Waals surface area contributed by atoms with Crippen LogP contribution >= 0.6 is 0 Å². The van der Waals surface area contributed by atoms with Gasteiger partial charge in [0.1, 0.15) is 5.78 Å². The van der Waals surface area contributed by atoms with Gasteiger partial charge in [0.15, 0.2) is 0 Å². The summed E-state index contributed by atoms with van der Waals surface area (Å²) in [7, 11) is 0. The van der Waals surface area contributed by atoms with Crippen LogP contribution in [0.25, 0.3) is 0 Å². The number of hydrogen-bond acceptors (Lipinski definition) is 4. The van der Waals surface area contributed by atoms with Gasteiger partial charge in [-0.2, -0.15) is 0 Å². The van der Waals surface area contributed by atoms with Gasteiger partial charge in [-0.25, -0.2) is 0 Å². The molecule has 0 aliphatic heterocycles. The second-order valence-corrected chi connectivity index (χ2v) is 4.36. The van der Waals surface area contributed by atoms with Crippen molar-refractivity contribution in [3.8, 4) is 0 Å². The SMILES string of the molecule is O=C([O-])CCCCCCCCC(=O)CCCO.[Na+]. The van der Waals surface area contributed by atoms with Gasteiger partial charge in [-0.1, -0.05) is 25.7 Å². The molecule has 0 amide bonds. The molecule has 0 rings (SSSR count). The summed E-state index contributed by atoms with van der Waals surface area (Å²) in [6.45, 7) is 0.0875. The summed E-state index contributed by atoms with van der Waals surface area (Å²) in [6, 6.07) is 0. The smallest absolute Gasteiger partial charge is 0.550 e. The van der Waals surface area contributed by atoms with Crippen LogP contribution in [0.5, 0.6) is 0 Å². The fraction of sp³-hybridized carbons (Fsp3) is 0.846. The Balaban J connectivity index is 0. The monoisotopic (exact) mass is 266 g/mol. The molecule has 0 bridgehead atoms. The maximum Gasteiger partial charge on any atom is 1.00 e. The number of carbonyl (C=O) groups excluding carboxylic acids is 2. The second kappa shape index (κ2) is 15.2. The van der Waals surface area contributed by atoms with Gasteiger partial charge in [0.05, 0.1) is 0 Å². The van der Waals surface area contributed by atoms with Crippen molar-refractivity contribution < 1.29 is 49.4 Å². The number of unbranched alkanes of at least 4 members (excludes halogenated alkanes) is 5. The van der Waals surface area contributed by atoms with E-state index >= 15 is 0 Å². The summed E-state index contributed by atoms with van der Waals surface area (Å²) in [5, 5.41) is 18.7. The van der Waals surface area contributed by atoms with E-state index in [0.29, 0.717) is 25.7 Å². The Bertz CT molecular complexity index is 219. The van der Waals surface area contributed by atoms with Crippen molar-refractivity contribution in [2.75, 3.05) is 6.61 Å². The molecule has 100 valence electrons. The third-order valence-corrected chi connectivity index (χ3v) is 2.70. The topological polar surface area (TPSA) is 77.4 Å². The second-order valence-electron chi connectivity index (χ2n) is 4.36. The third kappa shape index (κ3) is 16.1. The molecule has 1 N–H and O–H groups in total. The zero-order chi connectivity index (χ0) is 12.9. The van der Waals surface area contributed by atoms with E-state index in [1.807, 2.05) is 0 Å². The van der Waals surface area contributed by atoms with E-state index < -0.39 is 5.97 Å². The molecule has 0 atom stereocenters. The third-order valence-electron chi connectivity index (χ3n) is 2.70. The minimum Gasteiger partial charge on any atom is -0.550 e. The molecule has 0 aromatic carbocycles. The molecule has 4 nitrogen and oxygen atoms in total. The van der Waals surface area contributed by atoms with E-state index in [1.165, 1.54) is 0 Å². The first kappa shape index (κ1) is 20.4. The largest absolute Gasteiger partial charge is 1.00 e. The van der Waals surface area contributed by atoms with Gasteiger partial charge in [0, 0.05) is 25.4 Å². The number of hydrogen-bond donors (Lipinski definition) is 1. The van der Waals surface area contributed by atoms with Crippen molar-refractivity contribution in [2.24, 2.45) is 0 Å². The van der Waals surface area contributed by atoms with Crippen molar-refractivity contribution >= 4 is 11.8 Å². The zero-order valence-corrected chi connectivity index (χ0v) is 13.5. The van der Waals surface area contributed by atoms with Gasteiger partial charge in [0.2, 0.25) is 0 Å². The molecule has 0 saturated carbocycles. The van der Waals surface area contributed by atoms with Crippen LogP contribution < -0.4 is 34.7 Å². The summed E-state index contributed by atoms with van der Waals surface area (Å²) in [5.41, 5.74) is 0. The van der Waals surface area contributed by atoms with Crippen LogP contribution in [0.2, 0.25) is 0 Å². The Morgan fingerprint density at radius 2 is 1.22 bits per heavy atom. The summed E-state index contributed by atoms with van der Waals surface area (Å²) in [5.74, 6) is -0.740. The predicted octanol–water partition coefficient (Wildman–Crippen LogP) is -1.80. The Kier molecular flexibility index (Phi) is 17.2. The molecule has 0 aromatic rings. The zero-order valence-electron chi connectivity index (χ0n) is 11.5. The van der Waals surface area contributed by atoms with Crippen molar-refractivity contribution in [2.45, 2.75) is 64.2 Å². The van der Waals surface area contributed by atoms with Gasteiger partial charge in [0.25, 0.3) is 0 Å². The first-order valence-corrected chi connectivity index (χ1v) is 6.49. The average Bonchev–Trinajstić information content (AvgIpc) is 2.29. The molecule has 0 fully saturated rings. The molecular weight excluding hydrogens is 243 g/mol. The molecule has 0 saturated heterocycles. The molecule has 5 heteroatoms. The maximum absolute atomic E-state index is 11.2. The van der Waals surface area contributed by atoms with Crippen LogP contribution in [0.4, 0.5) is 0 Å². The Morgan fingerprint density at radius 1 is 0.778 bits per heavy atom. The molecule has 18 heavy (non-hydrogen) atoms. The van der Waals surface area contributed by atoms with Crippen LogP contribution in [0.1, 0.15) is 64.2 Å². The average molecular weight is 266 g/mol. The number of Topliss-reactive ketones (excluding diaryl/α,β-unsaturated/α-hetero) is 1. The predicted molar refractivity (Wildman–Crippen MR) is 63.3 cm³/mol. The minimum absolute atomic E-state index is 0. The van der Waals surface area contributed by atoms with E-state index in [0.717, 1.165) is 32.1 Å². The van der Waals surface area contributed by atoms with E-state index in [1.54, 1.807) is 0 Å². The molecule has 0 aliphatic carbocycles. The number of carboxylic acid groups (broad SMARTS) is 1. The molecule has 0 unspecified atom stereocenters. The van der Waals surface area contributed by atoms with Crippen molar-refractivity contribution in [1.29, 1.82) is 0 Å².